The highest BCUT2D eigenvalue weighted by Crippen LogP contribution is 2.40. The first-order chi connectivity index (χ1) is 9.52. The van der Waals surface area contributed by atoms with Gasteiger partial charge < -0.3 is 20.5 Å². The largest absolute Gasteiger partial charge is 0.493 e. The molecule has 3 rings (SSSR count). The van der Waals surface area contributed by atoms with Gasteiger partial charge in [0.15, 0.2) is 0 Å². The van der Waals surface area contributed by atoms with Gasteiger partial charge in [-0.1, -0.05) is 0 Å². The summed E-state index contributed by atoms with van der Waals surface area (Å²) in [6, 6.07) is 3.90. The Bertz CT molecular complexity index is 558. The highest BCUT2D eigenvalue weighted by atomic mass is 16.5. The van der Waals surface area contributed by atoms with E-state index >= 15 is 0 Å². The second-order valence-corrected chi connectivity index (χ2v) is 5.73. The molecule has 108 valence electrons. The van der Waals surface area contributed by atoms with Crippen LogP contribution < -0.4 is 15.4 Å². The zero-order valence-electron chi connectivity index (χ0n) is 11.7. The monoisotopic (exact) mass is 276 g/mol. The van der Waals surface area contributed by atoms with E-state index in [-0.39, 0.29) is 0 Å². The summed E-state index contributed by atoms with van der Waals surface area (Å²) in [4.78, 5) is 13.8. The van der Waals surface area contributed by atoms with E-state index in [0.717, 1.165) is 25.1 Å². The lowest BCUT2D eigenvalue weighted by molar-refractivity contribution is -0.144. The van der Waals surface area contributed by atoms with Crippen LogP contribution in [0.1, 0.15) is 30.4 Å². The van der Waals surface area contributed by atoms with E-state index in [1.807, 2.05) is 19.2 Å². The predicted octanol–water partition coefficient (Wildman–Crippen LogP) is 1.48. The number of aryl methyl sites for hydroxylation is 1. The molecule has 0 aliphatic carbocycles. The highest BCUT2D eigenvalue weighted by molar-refractivity contribution is 5.83. The molecule has 5 nitrogen and oxygen atoms in total. The Balaban J connectivity index is 2.18. The molecular weight excluding hydrogens is 256 g/mol. The van der Waals surface area contributed by atoms with Crippen LogP contribution in [0.2, 0.25) is 0 Å². The maximum absolute atomic E-state index is 11.6. The fourth-order valence-electron chi connectivity index (χ4n) is 3.15. The first kappa shape index (κ1) is 13.2. The third-order valence-corrected chi connectivity index (χ3v) is 4.37. The number of ether oxygens (including phenoxy) is 1. The van der Waals surface area contributed by atoms with Gasteiger partial charge in [0.1, 0.15) is 11.3 Å². The van der Waals surface area contributed by atoms with Crippen LogP contribution in [-0.4, -0.2) is 31.3 Å². The molecule has 0 fully saturated rings. The molecular formula is C15H20N2O3. The standard InChI is InChI=1S/C15H20N2O3/c1-17-6-2-4-10-8-13-11(9-12(10)17)15(16,14(18)19)5-3-7-20-13/h8-9H,2-7,16H2,1H3,(H,18,19). The van der Waals surface area contributed by atoms with Crippen molar-refractivity contribution in [3.8, 4) is 5.75 Å². The molecule has 2 heterocycles. The van der Waals surface area contributed by atoms with Crippen molar-refractivity contribution in [1.29, 1.82) is 0 Å². The molecule has 0 amide bonds. The summed E-state index contributed by atoms with van der Waals surface area (Å²) >= 11 is 0. The van der Waals surface area contributed by atoms with Crippen LogP contribution in [0.4, 0.5) is 5.69 Å². The van der Waals surface area contributed by atoms with Crippen LogP contribution in [0, 0.1) is 0 Å². The molecule has 20 heavy (non-hydrogen) atoms. The molecule has 0 aromatic heterocycles. The molecule has 0 spiro atoms. The number of hydrogen-bond donors (Lipinski definition) is 2. The zero-order valence-corrected chi connectivity index (χ0v) is 11.7. The maximum Gasteiger partial charge on any atom is 0.328 e. The predicted molar refractivity (Wildman–Crippen MR) is 76.3 cm³/mol. The van der Waals surface area contributed by atoms with Crippen molar-refractivity contribution in [3.05, 3.63) is 23.3 Å². The number of carboxylic acid groups (broad SMARTS) is 1. The average molecular weight is 276 g/mol. The number of benzene rings is 1. The van der Waals surface area contributed by atoms with Crippen molar-refractivity contribution in [2.45, 2.75) is 31.2 Å². The number of anilines is 1. The molecule has 3 N–H and O–H groups in total. The normalized spacial score (nSPS) is 25.2. The number of carbonyl (C=O) groups is 1. The minimum absolute atomic E-state index is 0.401. The molecule has 0 radical (unpaired) electrons. The summed E-state index contributed by atoms with van der Waals surface area (Å²) in [5.41, 5.74) is 7.75. The average Bonchev–Trinajstić information content (AvgIpc) is 2.58. The van der Waals surface area contributed by atoms with Gasteiger partial charge in [-0.3, -0.25) is 0 Å². The third-order valence-electron chi connectivity index (χ3n) is 4.37. The lowest BCUT2D eigenvalue weighted by Crippen LogP contribution is -2.44. The van der Waals surface area contributed by atoms with Crippen molar-refractivity contribution in [3.63, 3.8) is 0 Å². The zero-order chi connectivity index (χ0) is 14.3. The van der Waals surface area contributed by atoms with Crippen LogP contribution in [0.25, 0.3) is 0 Å². The van der Waals surface area contributed by atoms with Crippen LogP contribution in [0.5, 0.6) is 5.75 Å². The number of nitrogens with zero attached hydrogens (tertiary/aromatic N) is 1. The van der Waals surface area contributed by atoms with Gasteiger partial charge in [0.2, 0.25) is 0 Å². The first-order valence-electron chi connectivity index (χ1n) is 7.06. The second-order valence-electron chi connectivity index (χ2n) is 5.73. The van der Waals surface area contributed by atoms with Crippen molar-refractivity contribution < 1.29 is 14.6 Å². The third kappa shape index (κ3) is 1.93. The lowest BCUT2D eigenvalue weighted by atomic mass is 9.84. The molecule has 0 bridgehead atoms. The van der Waals surface area contributed by atoms with Crippen LogP contribution >= 0.6 is 0 Å². The summed E-state index contributed by atoms with van der Waals surface area (Å²) in [5, 5.41) is 9.55. The minimum Gasteiger partial charge on any atom is -0.493 e. The summed E-state index contributed by atoms with van der Waals surface area (Å²) < 4.78 is 5.73. The Labute approximate surface area is 118 Å². The summed E-state index contributed by atoms with van der Waals surface area (Å²) in [6.07, 6.45) is 3.16. The minimum atomic E-state index is -1.35. The van der Waals surface area contributed by atoms with Crippen LogP contribution in [-0.2, 0) is 16.8 Å². The van der Waals surface area contributed by atoms with Gasteiger partial charge in [-0.2, -0.15) is 0 Å². The Hall–Kier alpha value is -1.75. The van der Waals surface area contributed by atoms with Crippen molar-refractivity contribution in [2.24, 2.45) is 5.73 Å². The maximum atomic E-state index is 11.6. The SMILES string of the molecule is CN1CCCc2cc3c(cc21)C(N)(C(=O)O)CCCO3. The van der Waals surface area contributed by atoms with Crippen molar-refractivity contribution in [1.82, 2.24) is 0 Å². The smallest absolute Gasteiger partial charge is 0.328 e. The Morgan fingerprint density at radius 3 is 3.00 bits per heavy atom. The topological polar surface area (TPSA) is 75.8 Å². The summed E-state index contributed by atoms with van der Waals surface area (Å²) in [7, 11) is 2.03. The molecule has 2 aliphatic heterocycles. The number of nitrogens with two attached hydrogens (primary N) is 1. The molecule has 1 unspecified atom stereocenters. The van der Waals surface area contributed by atoms with Gasteiger partial charge in [-0.05, 0) is 43.4 Å². The number of fused-ring (bicyclic) bond motifs is 2. The van der Waals surface area contributed by atoms with Crippen molar-refractivity contribution in [2.75, 3.05) is 25.1 Å². The molecule has 2 aliphatic rings. The molecule has 0 saturated heterocycles. The number of rotatable bonds is 1. The number of carboxylic acids is 1. The van der Waals surface area contributed by atoms with Crippen LogP contribution in [0.3, 0.4) is 0 Å². The molecule has 1 aromatic carbocycles. The Morgan fingerprint density at radius 2 is 2.25 bits per heavy atom. The van der Waals surface area contributed by atoms with Gasteiger partial charge in [0.25, 0.3) is 0 Å². The Kier molecular flexibility index (Phi) is 3.09. The van der Waals surface area contributed by atoms with Crippen molar-refractivity contribution >= 4 is 11.7 Å². The fraction of sp³-hybridized carbons (Fsp3) is 0.533. The van der Waals surface area contributed by atoms with Gasteiger partial charge in [-0.25, -0.2) is 4.79 Å². The van der Waals surface area contributed by atoms with Gasteiger partial charge in [0.05, 0.1) is 6.61 Å². The first-order valence-corrected chi connectivity index (χ1v) is 7.06. The van der Waals surface area contributed by atoms with E-state index in [1.54, 1.807) is 0 Å². The van der Waals surface area contributed by atoms with Gasteiger partial charge >= 0.3 is 5.97 Å². The molecule has 0 saturated carbocycles. The number of aliphatic carboxylic acids is 1. The van der Waals surface area contributed by atoms with E-state index in [2.05, 4.69) is 4.90 Å². The van der Waals surface area contributed by atoms with E-state index in [0.29, 0.717) is 30.8 Å². The fourth-order valence-corrected chi connectivity index (χ4v) is 3.15. The number of hydrogen-bond acceptors (Lipinski definition) is 4. The van der Waals surface area contributed by atoms with Gasteiger partial charge in [-0.15, -0.1) is 0 Å². The van der Waals surface area contributed by atoms with Crippen LogP contribution in [0.15, 0.2) is 12.1 Å². The van der Waals surface area contributed by atoms with E-state index in [9.17, 15) is 9.90 Å². The highest BCUT2D eigenvalue weighted by Gasteiger charge is 2.40. The quantitative estimate of drug-likeness (QED) is 0.812. The second kappa shape index (κ2) is 4.66. The van der Waals surface area contributed by atoms with E-state index in [1.165, 1.54) is 5.56 Å². The van der Waals surface area contributed by atoms with Gasteiger partial charge in [0, 0.05) is 24.8 Å². The van der Waals surface area contributed by atoms with E-state index in [4.69, 9.17) is 10.5 Å². The lowest BCUT2D eigenvalue weighted by Gasteiger charge is -2.31. The Morgan fingerprint density at radius 1 is 1.45 bits per heavy atom. The molecule has 1 aromatic rings. The summed E-state index contributed by atoms with van der Waals surface area (Å²) in [5.74, 6) is -0.343. The molecule has 1 atom stereocenters. The molecule has 5 heteroatoms. The summed E-state index contributed by atoms with van der Waals surface area (Å²) in [6.45, 7) is 1.51. The van der Waals surface area contributed by atoms with E-state index < -0.39 is 11.5 Å².